The predicted molar refractivity (Wildman–Crippen MR) is 159 cm³/mol. The number of alkyl halides is 9. The summed E-state index contributed by atoms with van der Waals surface area (Å²) in [5.74, 6) is -16.3. The molecule has 0 aliphatic heterocycles. The van der Waals surface area contributed by atoms with Gasteiger partial charge in [-0.3, -0.25) is 0 Å². The number of phenols is 1. The summed E-state index contributed by atoms with van der Waals surface area (Å²) < 4.78 is 114. The van der Waals surface area contributed by atoms with Gasteiger partial charge in [-0.05, 0) is 104 Å². The van der Waals surface area contributed by atoms with Gasteiger partial charge in [0.1, 0.15) is 5.75 Å². The number of rotatable bonds is 13. The van der Waals surface area contributed by atoms with E-state index in [0.29, 0.717) is 30.4 Å². The quantitative estimate of drug-likeness (QED) is 0.144. The first-order valence-corrected chi connectivity index (χ1v) is 16.8. The van der Waals surface area contributed by atoms with Crippen molar-refractivity contribution < 1.29 is 49.7 Å². The Kier molecular flexibility index (Phi) is 12.8. The molecule has 0 amide bonds. The van der Waals surface area contributed by atoms with Gasteiger partial charge in [-0.2, -0.15) is 39.5 Å². The fourth-order valence-corrected chi connectivity index (χ4v) is 8.02. The van der Waals surface area contributed by atoms with Crippen LogP contribution in [-0.2, 0) is 6.42 Å². The van der Waals surface area contributed by atoms with E-state index in [2.05, 4.69) is 19.9 Å². The lowest BCUT2D eigenvalue weighted by Crippen LogP contribution is -2.60. The molecule has 0 spiro atoms. The maximum Gasteiger partial charge on any atom is 0.460 e. The van der Waals surface area contributed by atoms with E-state index in [1.807, 2.05) is 12.1 Å². The molecule has 4 N–H and O–H groups in total. The number of aromatic hydroxyl groups is 1. The van der Waals surface area contributed by atoms with Crippen LogP contribution in [0.3, 0.4) is 0 Å². The smallest absolute Gasteiger partial charge is 0.460 e. The fourth-order valence-electron chi connectivity index (χ4n) is 8.02. The Morgan fingerprint density at radius 2 is 1.48 bits per heavy atom. The number of hydrogen-bond donors (Lipinski definition) is 3. The highest BCUT2D eigenvalue weighted by atomic mass is 19.4. The average Bonchev–Trinajstić information content (AvgIpc) is 3.28. The summed E-state index contributed by atoms with van der Waals surface area (Å²) in [7, 11) is 0. The number of hydrogen-bond acceptors (Lipinski definition) is 3. The van der Waals surface area contributed by atoms with Crippen molar-refractivity contribution in [3.05, 3.63) is 29.3 Å². The minimum atomic E-state index is -6.82. The summed E-state index contributed by atoms with van der Waals surface area (Å²) >= 11 is 0. The molecule has 0 bridgehead atoms. The van der Waals surface area contributed by atoms with Gasteiger partial charge in [0.15, 0.2) is 0 Å². The van der Waals surface area contributed by atoms with E-state index >= 15 is 0 Å². The van der Waals surface area contributed by atoms with Crippen LogP contribution in [0.2, 0.25) is 0 Å². The average molecular weight is 676 g/mol. The third-order valence-electron chi connectivity index (χ3n) is 10.9. The molecular weight excluding hydrogens is 625 g/mol. The Balaban J connectivity index is 0.000000256. The van der Waals surface area contributed by atoms with Gasteiger partial charge in [0.25, 0.3) is 0 Å². The molecule has 1 aromatic rings. The van der Waals surface area contributed by atoms with E-state index < -0.39 is 42.8 Å². The Bertz CT molecular complexity index is 1110. The molecule has 2 fully saturated rings. The van der Waals surface area contributed by atoms with E-state index in [9.17, 15) is 49.7 Å². The van der Waals surface area contributed by atoms with E-state index in [4.69, 9.17) is 5.73 Å². The van der Waals surface area contributed by atoms with Crippen LogP contribution < -0.4 is 5.73 Å². The first-order valence-electron chi connectivity index (χ1n) is 16.8. The predicted octanol–water partition coefficient (Wildman–Crippen LogP) is 10.3. The number of nitrogens with two attached hydrogens (primary N) is 1. The number of unbranched alkanes of at least 4 members (excludes halogenated alkanes) is 5. The van der Waals surface area contributed by atoms with Crippen molar-refractivity contribution in [3.8, 4) is 5.75 Å². The zero-order valence-corrected chi connectivity index (χ0v) is 26.8. The topological polar surface area (TPSA) is 66.5 Å². The molecule has 0 heterocycles. The van der Waals surface area contributed by atoms with Gasteiger partial charge in [-0.15, -0.1) is 0 Å². The van der Waals surface area contributed by atoms with E-state index in [1.54, 1.807) is 0 Å². The minimum absolute atomic E-state index is 0.0883. The van der Waals surface area contributed by atoms with Crippen LogP contribution in [0.25, 0.3) is 0 Å². The van der Waals surface area contributed by atoms with E-state index in [1.165, 1.54) is 30.4 Å². The second-order valence-electron chi connectivity index (χ2n) is 14.0. The SMILES string of the molecule is CC12CCC3c4ccc(O)cc4CCC3C1CCC2O.CCCCCCCCC(N)CCCC(F)(F)C(F)(F)C(F)(F)C(F)(F)F. The lowest BCUT2D eigenvalue weighted by atomic mass is 9.55. The van der Waals surface area contributed by atoms with Crippen molar-refractivity contribution in [3.63, 3.8) is 0 Å². The van der Waals surface area contributed by atoms with Gasteiger partial charge in [0.2, 0.25) is 0 Å². The fraction of sp³-hybridized carbons (Fsp3) is 0.824. The van der Waals surface area contributed by atoms with Crippen molar-refractivity contribution in [1.29, 1.82) is 0 Å². The highest BCUT2D eigenvalue weighted by Gasteiger charge is 2.81. The molecule has 0 saturated heterocycles. The molecule has 4 rings (SSSR count). The first kappa shape index (κ1) is 38.8. The van der Waals surface area contributed by atoms with Gasteiger partial charge in [-0.1, -0.05) is 58.4 Å². The number of phenolic OH excluding ortho intramolecular Hbond substituents is 1. The van der Waals surface area contributed by atoms with E-state index in [-0.39, 0.29) is 17.9 Å². The summed E-state index contributed by atoms with van der Waals surface area (Å²) in [6.45, 7) is 4.37. The molecule has 0 radical (unpaired) electrons. The number of aliphatic hydroxyl groups is 1. The Morgan fingerprint density at radius 3 is 2.13 bits per heavy atom. The molecule has 3 aliphatic carbocycles. The molecule has 6 unspecified atom stereocenters. The van der Waals surface area contributed by atoms with Crippen molar-refractivity contribution in [2.24, 2.45) is 23.0 Å². The van der Waals surface area contributed by atoms with Crippen LogP contribution in [0.5, 0.6) is 5.75 Å². The largest absolute Gasteiger partial charge is 0.508 e. The van der Waals surface area contributed by atoms with Gasteiger partial charge >= 0.3 is 23.9 Å². The Morgan fingerprint density at radius 1 is 0.848 bits per heavy atom. The van der Waals surface area contributed by atoms with Crippen molar-refractivity contribution in [1.82, 2.24) is 0 Å². The number of fused-ring (bicyclic) bond motifs is 5. The van der Waals surface area contributed by atoms with Gasteiger partial charge < -0.3 is 15.9 Å². The number of benzene rings is 1. The standard InChI is InChI=1S/C18H24O2.C16H26F9N/c1-18-9-8-14-13-5-3-12(19)10-11(13)2-4-15(14)16(18)6-7-17(18)20;1-2-3-4-5-6-7-9-12(26)10-8-11-13(17,18)14(19,20)15(21,22)16(23,24)25/h3,5,10,14-17,19-20H,2,4,6-9H2,1H3;12H,2-11,26H2,1H3. The monoisotopic (exact) mass is 675 g/mol. The van der Waals surface area contributed by atoms with Crippen LogP contribution in [-0.4, -0.2) is 46.3 Å². The number of aliphatic hydroxyl groups excluding tert-OH is 1. The van der Waals surface area contributed by atoms with Gasteiger partial charge in [0.05, 0.1) is 6.10 Å². The maximum absolute atomic E-state index is 13.3. The molecule has 0 aromatic heterocycles. The van der Waals surface area contributed by atoms with E-state index in [0.717, 1.165) is 57.3 Å². The van der Waals surface area contributed by atoms with Crippen LogP contribution in [0.4, 0.5) is 39.5 Å². The second kappa shape index (κ2) is 15.2. The molecule has 2 saturated carbocycles. The molecular formula is C34H50F9NO2. The minimum Gasteiger partial charge on any atom is -0.508 e. The normalized spacial score (nSPS) is 27.2. The van der Waals surface area contributed by atoms with Gasteiger partial charge in [-0.25, -0.2) is 0 Å². The Hall–Kier alpha value is -1.69. The molecule has 266 valence electrons. The zero-order valence-electron chi connectivity index (χ0n) is 26.8. The second-order valence-corrected chi connectivity index (χ2v) is 14.0. The van der Waals surface area contributed by atoms with Gasteiger partial charge in [0, 0.05) is 12.5 Å². The van der Waals surface area contributed by atoms with Crippen molar-refractivity contribution >= 4 is 0 Å². The van der Waals surface area contributed by atoms with Crippen LogP contribution in [0.1, 0.15) is 127 Å². The third kappa shape index (κ3) is 8.29. The summed E-state index contributed by atoms with van der Waals surface area (Å²) in [4.78, 5) is 0. The molecule has 3 aliphatic rings. The number of halogens is 9. The molecule has 46 heavy (non-hydrogen) atoms. The van der Waals surface area contributed by atoms with Crippen molar-refractivity contribution in [2.75, 3.05) is 0 Å². The summed E-state index contributed by atoms with van der Waals surface area (Å²) in [5, 5.41) is 20.0. The highest BCUT2D eigenvalue weighted by Crippen LogP contribution is 2.61. The third-order valence-corrected chi connectivity index (χ3v) is 10.9. The Labute approximate surface area is 266 Å². The first-order chi connectivity index (χ1) is 21.3. The van der Waals surface area contributed by atoms with Crippen LogP contribution in [0, 0.1) is 17.3 Å². The van der Waals surface area contributed by atoms with Crippen molar-refractivity contribution in [2.45, 2.75) is 159 Å². The summed E-state index contributed by atoms with van der Waals surface area (Å²) in [6.07, 6.45) is 3.63. The number of aryl methyl sites for hydroxylation is 1. The molecule has 6 atom stereocenters. The molecule has 3 nitrogen and oxygen atoms in total. The maximum atomic E-state index is 13.3. The lowest BCUT2D eigenvalue weighted by Gasteiger charge is -2.50. The lowest BCUT2D eigenvalue weighted by molar-refractivity contribution is -0.396. The van der Waals surface area contributed by atoms with Crippen LogP contribution >= 0.6 is 0 Å². The molecule has 12 heteroatoms. The zero-order chi connectivity index (χ0) is 34.6. The summed E-state index contributed by atoms with van der Waals surface area (Å²) in [6, 6.07) is 5.37. The van der Waals surface area contributed by atoms with Crippen LogP contribution in [0.15, 0.2) is 18.2 Å². The summed E-state index contributed by atoms with van der Waals surface area (Å²) in [5.41, 5.74) is 8.64. The molecule has 1 aromatic carbocycles. The highest BCUT2D eigenvalue weighted by molar-refractivity contribution is 5.40.